The number of carbonyl (C=O) groups is 4. The lowest BCUT2D eigenvalue weighted by Crippen LogP contribution is -2.38. The van der Waals surface area contributed by atoms with Crippen LogP contribution in [-0.2, 0) is 33.4 Å². The van der Waals surface area contributed by atoms with Gasteiger partial charge < -0.3 is 23.9 Å². The Balaban J connectivity index is 2.65. The minimum Gasteiger partial charge on any atom is -0.382 e. The van der Waals surface area contributed by atoms with Gasteiger partial charge in [-0.2, -0.15) is 0 Å². The fourth-order valence-electron chi connectivity index (χ4n) is 4.24. The average Bonchev–Trinajstić information content (AvgIpc) is 2.86. The van der Waals surface area contributed by atoms with Crippen molar-refractivity contribution in [3.8, 4) is 0 Å². The smallest absolute Gasteiger partial charge is 0.224 e. The largest absolute Gasteiger partial charge is 0.382 e. The van der Waals surface area contributed by atoms with Gasteiger partial charge in [0.05, 0.1) is 52.5 Å². The van der Waals surface area contributed by atoms with E-state index in [0.29, 0.717) is 84.8 Å². The lowest BCUT2D eigenvalue weighted by atomic mass is 9.91. The molecule has 36 heavy (non-hydrogen) atoms. The molecule has 0 aliphatic carbocycles. The Kier molecular flexibility index (Phi) is 18.3. The van der Waals surface area contributed by atoms with Crippen molar-refractivity contribution in [3.05, 3.63) is 0 Å². The second-order valence-corrected chi connectivity index (χ2v) is 9.56. The van der Waals surface area contributed by atoms with Gasteiger partial charge in [-0.05, 0) is 45.6 Å². The van der Waals surface area contributed by atoms with Crippen molar-refractivity contribution in [2.45, 2.75) is 71.6 Å². The zero-order valence-corrected chi connectivity index (χ0v) is 22.8. The zero-order chi connectivity index (χ0) is 26.6. The maximum atomic E-state index is 13.1. The predicted octanol–water partition coefficient (Wildman–Crippen LogP) is 2.68. The van der Waals surface area contributed by atoms with E-state index in [1.165, 1.54) is 0 Å². The summed E-state index contributed by atoms with van der Waals surface area (Å²) in [5.74, 6) is 0.221. The molecule has 1 rings (SSSR count). The predicted molar refractivity (Wildman–Crippen MR) is 138 cm³/mol. The van der Waals surface area contributed by atoms with Crippen LogP contribution in [0.25, 0.3) is 0 Å². The quantitative estimate of drug-likeness (QED) is 0.309. The minimum atomic E-state index is -0.183. The molecule has 0 aromatic rings. The average molecular weight is 513 g/mol. The molecule has 1 atom stereocenters. The Morgan fingerprint density at radius 3 is 2.19 bits per heavy atom. The van der Waals surface area contributed by atoms with E-state index >= 15 is 0 Å². The summed E-state index contributed by atoms with van der Waals surface area (Å²) in [5.41, 5.74) is 0. The third-order valence-corrected chi connectivity index (χ3v) is 6.47. The van der Waals surface area contributed by atoms with Crippen LogP contribution in [0.3, 0.4) is 0 Å². The third-order valence-electron chi connectivity index (χ3n) is 6.47. The molecule has 9 nitrogen and oxygen atoms in total. The molecule has 0 saturated carbocycles. The summed E-state index contributed by atoms with van der Waals surface area (Å²) in [7, 11) is 1.63. The van der Waals surface area contributed by atoms with Crippen LogP contribution in [0.2, 0.25) is 0 Å². The van der Waals surface area contributed by atoms with E-state index in [9.17, 15) is 19.2 Å². The van der Waals surface area contributed by atoms with Crippen LogP contribution in [0.15, 0.2) is 0 Å². The first-order valence-electron chi connectivity index (χ1n) is 13.6. The van der Waals surface area contributed by atoms with Gasteiger partial charge in [-0.1, -0.05) is 13.3 Å². The number of rotatable bonds is 15. The highest BCUT2D eigenvalue weighted by atomic mass is 16.5. The number of amides is 1. The first-order chi connectivity index (χ1) is 17.4. The molecule has 1 aliphatic rings. The number of Topliss-reactive ketones (excluding diaryl/α,β-unsaturated/α-hetero) is 3. The van der Waals surface area contributed by atoms with Gasteiger partial charge in [-0.25, -0.2) is 0 Å². The van der Waals surface area contributed by atoms with E-state index in [1.807, 2.05) is 16.7 Å². The van der Waals surface area contributed by atoms with Crippen molar-refractivity contribution >= 4 is 23.3 Å². The molecule has 0 N–H and O–H groups in total. The molecule has 0 bridgehead atoms. The molecule has 0 spiro atoms. The minimum absolute atomic E-state index is 0.0763. The molecular formula is C27H48N2O7. The fourth-order valence-corrected chi connectivity index (χ4v) is 4.24. The van der Waals surface area contributed by atoms with Gasteiger partial charge in [-0.3, -0.25) is 19.3 Å². The SMILES string of the molecule is CCC(=O)CN1CCCCN(C(=O)CCOCCOCCOC)CCCC[C@H](CCC(C)=O)C(=O)C1. The summed E-state index contributed by atoms with van der Waals surface area (Å²) in [6.07, 6.45) is 5.70. The standard InChI is InChI=1S/C27H48N2O7/c1-4-25(31)21-28-13-7-8-15-29(27(33)12-16-35-19-20-36-18-17-34-3)14-6-5-9-24(26(32)22-28)11-10-23(2)30/h24H,4-22H2,1-3H3/t24-/m1/s1. The van der Waals surface area contributed by atoms with E-state index < -0.39 is 0 Å². The summed E-state index contributed by atoms with van der Waals surface area (Å²) < 4.78 is 15.8. The Morgan fingerprint density at radius 2 is 1.53 bits per heavy atom. The molecule has 0 unspecified atom stereocenters. The summed E-state index contributed by atoms with van der Waals surface area (Å²) in [4.78, 5) is 53.4. The molecule has 1 aliphatic heterocycles. The van der Waals surface area contributed by atoms with Gasteiger partial charge in [0.25, 0.3) is 0 Å². The monoisotopic (exact) mass is 512 g/mol. The van der Waals surface area contributed by atoms with Crippen molar-refractivity contribution < 1.29 is 33.4 Å². The second-order valence-electron chi connectivity index (χ2n) is 9.56. The summed E-state index contributed by atoms with van der Waals surface area (Å²) >= 11 is 0. The lowest BCUT2D eigenvalue weighted by Gasteiger charge is -2.24. The molecular weight excluding hydrogens is 464 g/mol. The van der Waals surface area contributed by atoms with Crippen LogP contribution in [0.1, 0.15) is 71.6 Å². The normalized spacial score (nSPS) is 18.8. The molecule has 1 amide bonds. The second kappa shape index (κ2) is 20.4. The fraction of sp³-hybridized carbons (Fsp3) is 0.852. The van der Waals surface area contributed by atoms with Crippen LogP contribution < -0.4 is 0 Å². The van der Waals surface area contributed by atoms with Crippen LogP contribution in [0.4, 0.5) is 0 Å². The van der Waals surface area contributed by atoms with Gasteiger partial charge in [-0.15, -0.1) is 0 Å². The van der Waals surface area contributed by atoms with Crippen LogP contribution in [0, 0.1) is 5.92 Å². The van der Waals surface area contributed by atoms with E-state index in [2.05, 4.69) is 0 Å². The van der Waals surface area contributed by atoms with E-state index in [-0.39, 0.29) is 42.3 Å². The third kappa shape index (κ3) is 15.4. The van der Waals surface area contributed by atoms with Gasteiger partial charge in [0, 0.05) is 39.0 Å². The maximum absolute atomic E-state index is 13.1. The number of hydrogen-bond donors (Lipinski definition) is 0. The topological polar surface area (TPSA) is 102 Å². The summed E-state index contributed by atoms with van der Waals surface area (Å²) in [5, 5.41) is 0. The van der Waals surface area contributed by atoms with Crippen LogP contribution in [0.5, 0.6) is 0 Å². The molecule has 0 radical (unpaired) electrons. The molecule has 0 aromatic carbocycles. The Morgan fingerprint density at radius 1 is 0.889 bits per heavy atom. The zero-order valence-electron chi connectivity index (χ0n) is 22.8. The molecule has 9 heteroatoms. The molecule has 208 valence electrons. The molecule has 0 aromatic heterocycles. The van der Waals surface area contributed by atoms with Gasteiger partial charge in [0.2, 0.25) is 5.91 Å². The van der Waals surface area contributed by atoms with Crippen LogP contribution >= 0.6 is 0 Å². The highest BCUT2D eigenvalue weighted by Crippen LogP contribution is 2.19. The number of ether oxygens (including phenoxy) is 3. The number of hydrogen-bond acceptors (Lipinski definition) is 8. The Labute approximate surface area is 217 Å². The number of ketones is 3. The molecule has 1 heterocycles. The highest BCUT2D eigenvalue weighted by molar-refractivity contribution is 5.85. The van der Waals surface area contributed by atoms with Gasteiger partial charge >= 0.3 is 0 Å². The first kappa shape index (κ1) is 32.3. The maximum Gasteiger partial charge on any atom is 0.224 e. The van der Waals surface area contributed by atoms with E-state index in [0.717, 1.165) is 25.7 Å². The number of nitrogens with zero attached hydrogens (tertiary/aromatic N) is 2. The number of methoxy groups -OCH3 is 1. The Hall–Kier alpha value is -1.68. The van der Waals surface area contributed by atoms with Crippen molar-refractivity contribution in [2.75, 3.05) is 72.9 Å². The summed E-state index contributed by atoms with van der Waals surface area (Å²) in [6, 6.07) is 0. The van der Waals surface area contributed by atoms with Crippen molar-refractivity contribution in [1.29, 1.82) is 0 Å². The van der Waals surface area contributed by atoms with Gasteiger partial charge in [0.1, 0.15) is 17.3 Å². The van der Waals surface area contributed by atoms with Crippen molar-refractivity contribution in [2.24, 2.45) is 5.92 Å². The van der Waals surface area contributed by atoms with Crippen LogP contribution in [-0.4, -0.2) is 106 Å². The van der Waals surface area contributed by atoms with Crippen molar-refractivity contribution in [1.82, 2.24) is 9.80 Å². The molecule has 1 fully saturated rings. The van der Waals surface area contributed by atoms with Crippen molar-refractivity contribution in [3.63, 3.8) is 0 Å². The van der Waals surface area contributed by atoms with E-state index in [4.69, 9.17) is 14.2 Å². The number of carbonyl (C=O) groups excluding carboxylic acids is 4. The first-order valence-corrected chi connectivity index (χ1v) is 13.6. The van der Waals surface area contributed by atoms with Gasteiger partial charge in [0.15, 0.2) is 0 Å². The van der Waals surface area contributed by atoms with E-state index in [1.54, 1.807) is 14.0 Å². The lowest BCUT2D eigenvalue weighted by molar-refractivity contribution is -0.133. The molecule has 1 saturated heterocycles. The summed E-state index contributed by atoms with van der Waals surface area (Å²) in [6.45, 7) is 8.23. The highest BCUT2D eigenvalue weighted by Gasteiger charge is 2.23. The Bertz CT molecular complexity index is 656.